The SMILES string of the molecule is CCCCOC(=O)C1CSC(C2CCCCC2)N1C(=O)c1ccc(CC)cc1. The quantitative estimate of drug-likeness (QED) is 0.472. The molecule has 1 amide bonds. The van der Waals surface area contributed by atoms with E-state index in [0.717, 1.165) is 32.1 Å². The molecule has 4 nitrogen and oxygen atoms in total. The molecule has 1 saturated carbocycles. The van der Waals surface area contributed by atoms with Crippen LogP contribution in [0.4, 0.5) is 0 Å². The molecule has 1 aliphatic carbocycles. The molecule has 0 bridgehead atoms. The van der Waals surface area contributed by atoms with Crippen molar-refractivity contribution in [1.29, 1.82) is 0 Å². The van der Waals surface area contributed by atoms with Crippen LogP contribution in [0.1, 0.15) is 74.7 Å². The number of carbonyl (C=O) groups excluding carboxylic acids is 2. The van der Waals surface area contributed by atoms with Crippen LogP contribution in [0.3, 0.4) is 0 Å². The van der Waals surface area contributed by atoms with Crippen LogP contribution in [-0.4, -0.2) is 40.6 Å². The van der Waals surface area contributed by atoms with Gasteiger partial charge in [-0.2, -0.15) is 0 Å². The van der Waals surface area contributed by atoms with E-state index in [1.165, 1.54) is 24.8 Å². The molecule has 1 aromatic carbocycles. The fraction of sp³-hybridized carbons (Fsp3) is 0.652. The maximum Gasteiger partial charge on any atom is 0.329 e. The monoisotopic (exact) mass is 403 g/mol. The lowest BCUT2D eigenvalue weighted by Gasteiger charge is -2.35. The molecule has 2 fully saturated rings. The van der Waals surface area contributed by atoms with E-state index < -0.39 is 6.04 Å². The molecule has 0 spiro atoms. The first-order chi connectivity index (χ1) is 13.7. The van der Waals surface area contributed by atoms with Crippen LogP contribution in [0, 0.1) is 5.92 Å². The summed E-state index contributed by atoms with van der Waals surface area (Å²) >= 11 is 1.77. The number of thioether (sulfide) groups is 1. The summed E-state index contributed by atoms with van der Waals surface area (Å²) in [4.78, 5) is 28.1. The van der Waals surface area contributed by atoms with Crippen LogP contribution in [0.25, 0.3) is 0 Å². The van der Waals surface area contributed by atoms with Crippen molar-refractivity contribution in [1.82, 2.24) is 4.90 Å². The van der Waals surface area contributed by atoms with Gasteiger partial charge in [0, 0.05) is 11.3 Å². The first-order valence-electron chi connectivity index (χ1n) is 10.9. The van der Waals surface area contributed by atoms with Crippen LogP contribution >= 0.6 is 11.8 Å². The number of rotatable bonds is 7. The van der Waals surface area contributed by atoms with Crippen molar-refractivity contribution in [2.75, 3.05) is 12.4 Å². The van der Waals surface area contributed by atoms with E-state index in [2.05, 4.69) is 13.8 Å². The molecule has 28 heavy (non-hydrogen) atoms. The maximum atomic E-state index is 13.4. The van der Waals surface area contributed by atoms with Gasteiger partial charge >= 0.3 is 5.97 Å². The van der Waals surface area contributed by atoms with Crippen LogP contribution in [0.5, 0.6) is 0 Å². The van der Waals surface area contributed by atoms with Gasteiger partial charge in [-0.05, 0) is 49.3 Å². The lowest BCUT2D eigenvalue weighted by atomic mass is 9.88. The van der Waals surface area contributed by atoms with Gasteiger partial charge in [-0.1, -0.05) is 51.7 Å². The van der Waals surface area contributed by atoms with Gasteiger partial charge in [0.05, 0.1) is 12.0 Å². The minimum atomic E-state index is -0.466. The summed E-state index contributed by atoms with van der Waals surface area (Å²) in [7, 11) is 0. The second-order valence-electron chi connectivity index (χ2n) is 7.92. The number of nitrogens with zero attached hydrogens (tertiary/aromatic N) is 1. The minimum absolute atomic E-state index is 0.0272. The van der Waals surface area contributed by atoms with E-state index in [0.29, 0.717) is 23.8 Å². The third kappa shape index (κ3) is 4.91. The molecule has 2 unspecified atom stereocenters. The Kier molecular flexibility index (Phi) is 7.83. The Labute approximate surface area is 173 Å². The molecular weight excluding hydrogens is 370 g/mol. The fourth-order valence-corrected chi connectivity index (χ4v) is 5.82. The zero-order valence-electron chi connectivity index (χ0n) is 17.2. The maximum absolute atomic E-state index is 13.4. The second kappa shape index (κ2) is 10.3. The Morgan fingerprint density at radius 1 is 1.11 bits per heavy atom. The number of benzene rings is 1. The van der Waals surface area contributed by atoms with Crippen molar-refractivity contribution in [2.24, 2.45) is 5.92 Å². The van der Waals surface area contributed by atoms with Crippen molar-refractivity contribution in [2.45, 2.75) is 76.6 Å². The molecule has 2 atom stereocenters. The summed E-state index contributed by atoms with van der Waals surface area (Å²) < 4.78 is 5.51. The number of esters is 1. The van der Waals surface area contributed by atoms with Crippen LogP contribution in [0.2, 0.25) is 0 Å². The van der Waals surface area contributed by atoms with Gasteiger partial charge in [-0.3, -0.25) is 4.79 Å². The largest absolute Gasteiger partial charge is 0.464 e. The highest BCUT2D eigenvalue weighted by Crippen LogP contribution is 2.41. The number of amides is 1. The Morgan fingerprint density at radius 3 is 2.46 bits per heavy atom. The van der Waals surface area contributed by atoms with Crippen molar-refractivity contribution in [3.63, 3.8) is 0 Å². The van der Waals surface area contributed by atoms with Crippen molar-refractivity contribution >= 4 is 23.6 Å². The lowest BCUT2D eigenvalue weighted by Crippen LogP contribution is -2.48. The molecule has 5 heteroatoms. The highest BCUT2D eigenvalue weighted by atomic mass is 32.2. The fourth-order valence-electron chi connectivity index (χ4n) is 4.19. The summed E-state index contributed by atoms with van der Waals surface area (Å²) in [5, 5.41) is 0.0855. The Hall–Kier alpha value is -1.49. The van der Waals surface area contributed by atoms with Gasteiger partial charge in [0.2, 0.25) is 0 Å². The third-order valence-corrected chi connectivity index (χ3v) is 7.41. The standard InChI is InChI=1S/C23H33NO3S/c1-3-5-15-27-23(26)20-16-28-22(19-9-7-6-8-10-19)24(20)21(25)18-13-11-17(4-2)12-14-18/h11-14,19-20,22H,3-10,15-16H2,1-2H3. The predicted octanol–water partition coefficient (Wildman–Crippen LogP) is 5.06. The van der Waals surface area contributed by atoms with Gasteiger partial charge in [0.15, 0.2) is 0 Å². The van der Waals surface area contributed by atoms with Crippen LogP contribution < -0.4 is 0 Å². The zero-order valence-corrected chi connectivity index (χ0v) is 18.0. The molecular formula is C23H33NO3S. The van der Waals surface area contributed by atoms with Crippen molar-refractivity contribution < 1.29 is 14.3 Å². The highest BCUT2D eigenvalue weighted by molar-refractivity contribution is 8.00. The van der Waals surface area contributed by atoms with E-state index >= 15 is 0 Å². The summed E-state index contributed by atoms with van der Waals surface area (Å²) in [5.41, 5.74) is 1.89. The van der Waals surface area contributed by atoms with Crippen LogP contribution in [-0.2, 0) is 16.0 Å². The van der Waals surface area contributed by atoms with Crippen LogP contribution in [0.15, 0.2) is 24.3 Å². The van der Waals surface area contributed by atoms with Gasteiger partial charge < -0.3 is 9.64 Å². The normalized spacial score (nSPS) is 23.0. The number of carbonyl (C=O) groups is 2. The van der Waals surface area contributed by atoms with E-state index in [9.17, 15) is 9.59 Å². The van der Waals surface area contributed by atoms with Crippen molar-refractivity contribution in [3.8, 4) is 0 Å². The first-order valence-corrected chi connectivity index (χ1v) is 11.9. The molecule has 1 saturated heterocycles. The predicted molar refractivity (Wildman–Crippen MR) is 114 cm³/mol. The number of hydrogen-bond donors (Lipinski definition) is 0. The lowest BCUT2D eigenvalue weighted by molar-refractivity contribution is -0.148. The van der Waals surface area contributed by atoms with E-state index in [1.807, 2.05) is 29.2 Å². The minimum Gasteiger partial charge on any atom is -0.464 e. The average molecular weight is 404 g/mol. The molecule has 1 aromatic rings. The second-order valence-corrected chi connectivity index (χ2v) is 9.07. The molecule has 0 aromatic heterocycles. The number of hydrogen-bond acceptors (Lipinski definition) is 4. The highest BCUT2D eigenvalue weighted by Gasteiger charge is 2.45. The van der Waals surface area contributed by atoms with Gasteiger partial charge in [0.25, 0.3) is 5.91 Å². The molecule has 0 N–H and O–H groups in total. The zero-order chi connectivity index (χ0) is 19.9. The molecule has 1 aliphatic heterocycles. The number of aryl methyl sites for hydroxylation is 1. The molecule has 3 rings (SSSR count). The smallest absolute Gasteiger partial charge is 0.329 e. The Balaban J connectivity index is 1.80. The Bertz CT molecular complexity index is 654. The van der Waals surface area contributed by atoms with Gasteiger partial charge in [-0.15, -0.1) is 11.8 Å². The molecule has 154 valence electrons. The molecule has 0 radical (unpaired) electrons. The van der Waals surface area contributed by atoms with Gasteiger partial charge in [-0.25, -0.2) is 4.79 Å². The summed E-state index contributed by atoms with van der Waals surface area (Å²) in [6.45, 7) is 4.63. The van der Waals surface area contributed by atoms with E-state index in [1.54, 1.807) is 11.8 Å². The van der Waals surface area contributed by atoms with Gasteiger partial charge in [0.1, 0.15) is 6.04 Å². The first kappa shape index (κ1) is 21.2. The summed E-state index contributed by atoms with van der Waals surface area (Å²) in [5.74, 6) is 0.856. The topological polar surface area (TPSA) is 46.6 Å². The molecule has 1 heterocycles. The molecule has 2 aliphatic rings. The number of unbranched alkanes of at least 4 members (excludes halogenated alkanes) is 1. The van der Waals surface area contributed by atoms with E-state index in [4.69, 9.17) is 4.74 Å². The van der Waals surface area contributed by atoms with Crippen molar-refractivity contribution in [3.05, 3.63) is 35.4 Å². The Morgan fingerprint density at radius 2 is 1.82 bits per heavy atom. The summed E-state index contributed by atoms with van der Waals surface area (Å²) in [6.07, 6.45) is 8.82. The number of ether oxygens (including phenoxy) is 1. The average Bonchev–Trinajstić information content (AvgIpc) is 3.19. The van der Waals surface area contributed by atoms with E-state index in [-0.39, 0.29) is 17.3 Å². The summed E-state index contributed by atoms with van der Waals surface area (Å²) in [6, 6.07) is 7.37. The third-order valence-electron chi connectivity index (χ3n) is 5.95.